The topological polar surface area (TPSA) is 51.7 Å². The Hall–Kier alpha value is -1.92. The molecule has 2 heterocycles. The van der Waals surface area contributed by atoms with Crippen LogP contribution in [0.5, 0.6) is 5.75 Å². The summed E-state index contributed by atoms with van der Waals surface area (Å²) in [4.78, 5) is 18.7. The van der Waals surface area contributed by atoms with Crippen molar-refractivity contribution in [1.29, 1.82) is 0 Å². The number of piperidine rings is 1. The number of ether oxygens (including phenoxy) is 2. The number of nitrogens with zero attached hydrogens (tertiary/aromatic N) is 2. The Kier molecular flexibility index (Phi) is 5.25. The van der Waals surface area contributed by atoms with Crippen LogP contribution in [0.25, 0.3) is 0 Å². The van der Waals surface area contributed by atoms with Gasteiger partial charge in [-0.05, 0) is 31.0 Å². The molecule has 0 N–H and O–H groups in total. The van der Waals surface area contributed by atoms with Gasteiger partial charge in [-0.25, -0.2) is 4.98 Å². The van der Waals surface area contributed by atoms with Crippen molar-refractivity contribution in [2.45, 2.75) is 25.6 Å². The molecule has 6 heteroatoms. The third-order valence-corrected chi connectivity index (χ3v) is 4.65. The number of thiazole rings is 1. The molecule has 1 aromatic heterocycles. The van der Waals surface area contributed by atoms with Crippen LogP contribution >= 0.6 is 11.3 Å². The van der Waals surface area contributed by atoms with E-state index in [2.05, 4.69) is 4.98 Å². The first-order valence-electron chi connectivity index (χ1n) is 7.68. The van der Waals surface area contributed by atoms with E-state index in [1.54, 1.807) is 30.0 Å². The van der Waals surface area contributed by atoms with Crippen LogP contribution in [-0.4, -0.2) is 42.1 Å². The number of aromatic nitrogens is 1. The zero-order chi connectivity index (χ0) is 16.1. The zero-order valence-electron chi connectivity index (χ0n) is 13.1. The number of amides is 1. The molecule has 0 unspecified atom stereocenters. The molecule has 0 spiro atoms. The molecule has 1 aromatic carbocycles. The first-order valence-corrected chi connectivity index (χ1v) is 8.62. The summed E-state index contributed by atoms with van der Waals surface area (Å²) < 4.78 is 11.1. The lowest BCUT2D eigenvalue weighted by Crippen LogP contribution is -2.40. The lowest BCUT2D eigenvalue weighted by atomic mass is 10.1. The first-order chi connectivity index (χ1) is 11.3. The van der Waals surface area contributed by atoms with Crippen LogP contribution in [0.2, 0.25) is 0 Å². The largest absolute Gasteiger partial charge is 0.487 e. The molecular weight excluding hydrogens is 312 g/mol. The number of benzene rings is 1. The van der Waals surface area contributed by atoms with Gasteiger partial charge < -0.3 is 14.4 Å². The quantitative estimate of drug-likeness (QED) is 0.845. The van der Waals surface area contributed by atoms with E-state index in [4.69, 9.17) is 9.47 Å². The van der Waals surface area contributed by atoms with Crippen LogP contribution in [0.15, 0.2) is 35.2 Å². The van der Waals surface area contributed by atoms with Crippen molar-refractivity contribution in [3.63, 3.8) is 0 Å². The lowest BCUT2D eigenvalue weighted by molar-refractivity contribution is 0.0350. The number of likely N-dealkylation sites (tertiary alicyclic amines) is 1. The summed E-state index contributed by atoms with van der Waals surface area (Å²) in [7, 11) is 1.73. The Labute approximate surface area is 139 Å². The van der Waals surface area contributed by atoms with E-state index in [1.165, 1.54) is 0 Å². The average molecular weight is 332 g/mol. The fourth-order valence-corrected chi connectivity index (χ4v) is 3.21. The van der Waals surface area contributed by atoms with Crippen LogP contribution in [0.3, 0.4) is 0 Å². The molecule has 1 aliphatic heterocycles. The molecule has 1 amide bonds. The van der Waals surface area contributed by atoms with E-state index in [0.29, 0.717) is 17.9 Å². The van der Waals surface area contributed by atoms with Crippen LogP contribution < -0.4 is 4.74 Å². The van der Waals surface area contributed by atoms with Gasteiger partial charge in [0, 0.05) is 31.1 Å². The van der Waals surface area contributed by atoms with Crippen molar-refractivity contribution in [1.82, 2.24) is 9.88 Å². The van der Waals surface area contributed by atoms with Gasteiger partial charge in [0.15, 0.2) is 0 Å². The van der Waals surface area contributed by atoms with Gasteiger partial charge in [-0.3, -0.25) is 4.79 Å². The van der Waals surface area contributed by atoms with E-state index in [9.17, 15) is 4.79 Å². The number of hydrogen-bond acceptors (Lipinski definition) is 5. The number of methoxy groups -OCH3 is 1. The first kappa shape index (κ1) is 16.0. The van der Waals surface area contributed by atoms with E-state index in [-0.39, 0.29) is 12.0 Å². The van der Waals surface area contributed by atoms with Crippen molar-refractivity contribution in [3.8, 4) is 5.75 Å². The highest BCUT2D eigenvalue weighted by molar-refractivity contribution is 7.07. The van der Waals surface area contributed by atoms with Crippen LogP contribution in [-0.2, 0) is 11.3 Å². The summed E-state index contributed by atoms with van der Waals surface area (Å²) in [6.45, 7) is 1.89. The summed E-state index contributed by atoms with van der Waals surface area (Å²) in [5, 5.41) is 1.95. The van der Waals surface area contributed by atoms with E-state index in [0.717, 1.165) is 31.6 Å². The molecule has 23 heavy (non-hydrogen) atoms. The molecule has 5 nitrogen and oxygen atoms in total. The number of rotatable bonds is 5. The van der Waals surface area contributed by atoms with Gasteiger partial charge in [0.05, 0.1) is 17.3 Å². The normalized spacial score (nSPS) is 15.6. The molecule has 0 bridgehead atoms. The predicted octanol–water partition coefficient (Wildman–Crippen LogP) is 2.97. The van der Waals surface area contributed by atoms with Crippen LogP contribution in [0.4, 0.5) is 0 Å². The fourth-order valence-electron chi connectivity index (χ4n) is 2.66. The minimum absolute atomic E-state index is 0.0543. The van der Waals surface area contributed by atoms with E-state index >= 15 is 0 Å². The second-order valence-corrected chi connectivity index (χ2v) is 6.24. The molecular formula is C17H20N2O3S. The Balaban J connectivity index is 1.61. The smallest absolute Gasteiger partial charge is 0.253 e. The molecule has 1 saturated heterocycles. The lowest BCUT2D eigenvalue weighted by Gasteiger charge is -2.31. The van der Waals surface area contributed by atoms with Crippen LogP contribution in [0, 0.1) is 0 Å². The molecule has 0 radical (unpaired) electrons. The average Bonchev–Trinajstić information content (AvgIpc) is 3.13. The molecule has 1 fully saturated rings. The Morgan fingerprint density at radius 3 is 2.91 bits per heavy atom. The van der Waals surface area contributed by atoms with Crippen molar-refractivity contribution in [3.05, 3.63) is 46.4 Å². The van der Waals surface area contributed by atoms with Gasteiger partial charge in [0.1, 0.15) is 12.4 Å². The third kappa shape index (κ3) is 4.09. The van der Waals surface area contributed by atoms with Gasteiger partial charge in [-0.15, -0.1) is 11.3 Å². The summed E-state index contributed by atoms with van der Waals surface area (Å²) >= 11 is 1.54. The summed E-state index contributed by atoms with van der Waals surface area (Å²) in [5.74, 6) is 0.745. The van der Waals surface area contributed by atoms with Gasteiger partial charge in [-0.2, -0.15) is 0 Å². The molecule has 1 aliphatic rings. The number of carbonyl (C=O) groups is 1. The van der Waals surface area contributed by atoms with Gasteiger partial charge in [0.2, 0.25) is 0 Å². The maximum Gasteiger partial charge on any atom is 0.253 e. The standard InChI is InChI=1S/C17H20N2O3S/c1-21-15-5-7-19(8-6-15)17(20)13-3-2-4-16(9-13)22-10-14-11-23-12-18-14/h2-4,9,11-12,15H,5-8,10H2,1H3. The predicted molar refractivity (Wildman–Crippen MR) is 88.8 cm³/mol. The molecule has 2 aromatic rings. The fraction of sp³-hybridized carbons (Fsp3) is 0.412. The summed E-state index contributed by atoms with van der Waals surface area (Å²) in [6.07, 6.45) is 2.05. The highest BCUT2D eigenvalue weighted by atomic mass is 32.1. The number of carbonyl (C=O) groups excluding carboxylic acids is 1. The summed E-state index contributed by atoms with van der Waals surface area (Å²) in [5.41, 5.74) is 3.34. The second kappa shape index (κ2) is 7.57. The number of hydrogen-bond donors (Lipinski definition) is 0. The molecule has 0 saturated carbocycles. The van der Waals surface area contributed by atoms with Gasteiger partial charge in [0.25, 0.3) is 5.91 Å². The zero-order valence-corrected chi connectivity index (χ0v) is 13.9. The highest BCUT2D eigenvalue weighted by Gasteiger charge is 2.23. The van der Waals surface area contributed by atoms with Crippen molar-refractivity contribution < 1.29 is 14.3 Å². The third-order valence-electron chi connectivity index (χ3n) is 4.01. The van der Waals surface area contributed by atoms with Crippen molar-refractivity contribution in [2.24, 2.45) is 0 Å². The van der Waals surface area contributed by atoms with E-state index < -0.39 is 0 Å². The van der Waals surface area contributed by atoms with Gasteiger partial charge >= 0.3 is 0 Å². The monoisotopic (exact) mass is 332 g/mol. The Morgan fingerprint density at radius 2 is 2.22 bits per heavy atom. The Morgan fingerprint density at radius 1 is 1.39 bits per heavy atom. The minimum atomic E-state index is 0.0543. The SMILES string of the molecule is COC1CCN(C(=O)c2cccc(OCc3cscn3)c2)CC1. The maximum atomic E-state index is 12.6. The molecule has 3 rings (SSSR count). The van der Waals surface area contributed by atoms with Gasteiger partial charge in [-0.1, -0.05) is 6.07 Å². The minimum Gasteiger partial charge on any atom is -0.487 e. The molecule has 122 valence electrons. The summed E-state index contributed by atoms with van der Waals surface area (Å²) in [6, 6.07) is 7.35. The van der Waals surface area contributed by atoms with E-state index in [1.807, 2.05) is 28.5 Å². The second-order valence-electron chi connectivity index (χ2n) is 5.52. The highest BCUT2D eigenvalue weighted by Crippen LogP contribution is 2.19. The van der Waals surface area contributed by atoms with Crippen LogP contribution in [0.1, 0.15) is 28.9 Å². The maximum absolute atomic E-state index is 12.6. The van der Waals surface area contributed by atoms with Crippen molar-refractivity contribution >= 4 is 17.2 Å². The van der Waals surface area contributed by atoms with Crippen molar-refractivity contribution in [2.75, 3.05) is 20.2 Å². The molecule has 0 aliphatic carbocycles. The molecule has 0 atom stereocenters. The Bertz CT molecular complexity index is 637.